The first-order valence-corrected chi connectivity index (χ1v) is 4.20. The van der Waals surface area contributed by atoms with Crippen molar-refractivity contribution in [1.29, 1.82) is 0 Å². The molecule has 0 aromatic heterocycles. The quantitative estimate of drug-likeness (QED) is 0.569. The van der Waals surface area contributed by atoms with Gasteiger partial charge in [0, 0.05) is 13.1 Å². The van der Waals surface area contributed by atoms with E-state index < -0.39 is 0 Å². The number of rotatable bonds is 2. The van der Waals surface area contributed by atoms with Gasteiger partial charge in [0.05, 0.1) is 8.02 Å². The topological polar surface area (TPSA) is 6.48 Å². The van der Waals surface area contributed by atoms with Crippen molar-refractivity contribution in [2.24, 2.45) is 0 Å². The van der Waals surface area contributed by atoms with E-state index in [0.29, 0.717) is 0 Å². The summed E-state index contributed by atoms with van der Waals surface area (Å²) in [6.45, 7) is 8.37. The zero-order valence-electron chi connectivity index (χ0n) is 8.01. The van der Waals surface area contributed by atoms with E-state index in [2.05, 4.69) is 23.6 Å². The van der Waals surface area contributed by atoms with Crippen LogP contribution in [0, 0.1) is 0 Å². The Morgan fingerprint density at radius 1 is 1.20 bits per heavy atom. The highest BCUT2D eigenvalue weighted by Gasteiger charge is 2.13. The third-order valence-corrected chi connectivity index (χ3v) is 2.03. The molecule has 0 aromatic rings. The second-order valence-corrected chi connectivity index (χ2v) is 2.73. The molecule has 1 fully saturated rings. The van der Waals surface area contributed by atoms with Gasteiger partial charge in [0.1, 0.15) is 0 Å². The fraction of sp³-hybridized carbons (Fsp3) is 1.00. The lowest BCUT2D eigenvalue weighted by Crippen LogP contribution is -2.44. The molecule has 0 unspecified atom stereocenters. The Hall–Kier alpha value is -0.0800. The highest BCUT2D eigenvalue weighted by molar-refractivity contribution is 4.65. The van der Waals surface area contributed by atoms with Gasteiger partial charge in [-0.1, -0.05) is 13.8 Å². The van der Waals surface area contributed by atoms with E-state index in [1.165, 1.54) is 6.42 Å². The molecule has 1 aliphatic rings. The van der Waals surface area contributed by atoms with E-state index in [4.69, 9.17) is 1.37 Å². The van der Waals surface area contributed by atoms with Gasteiger partial charge in [0.25, 0.3) is 0 Å². The van der Waals surface area contributed by atoms with Crippen LogP contribution in [0.3, 0.4) is 0 Å². The van der Waals surface area contributed by atoms with Crippen molar-refractivity contribution in [1.82, 2.24) is 9.80 Å². The summed E-state index contributed by atoms with van der Waals surface area (Å²) in [5.74, 6) is 0. The average Bonchev–Trinajstić information content (AvgIpc) is 2.05. The predicted molar refractivity (Wildman–Crippen MR) is 44.0 cm³/mol. The van der Waals surface area contributed by atoms with Gasteiger partial charge in [0.2, 0.25) is 0 Å². The van der Waals surface area contributed by atoms with Crippen LogP contribution >= 0.6 is 0 Å². The van der Waals surface area contributed by atoms with Crippen LogP contribution in [0.1, 0.15) is 21.6 Å². The zero-order chi connectivity index (χ0) is 8.27. The van der Waals surface area contributed by atoms with E-state index >= 15 is 0 Å². The summed E-state index contributed by atoms with van der Waals surface area (Å²) in [5, 5.41) is 0. The Morgan fingerprint density at radius 2 is 1.70 bits per heavy atom. The molecule has 2 nitrogen and oxygen atoms in total. The molecule has 1 aliphatic heterocycles. The summed E-state index contributed by atoms with van der Waals surface area (Å²) in [6.07, 6.45) is 1.22. The third-order valence-electron chi connectivity index (χ3n) is 2.03. The minimum atomic E-state index is -0.0845. The van der Waals surface area contributed by atoms with Crippen molar-refractivity contribution in [3.05, 3.63) is 0 Å². The SMILES string of the molecule is [2H]C1N(CC)CCCN1CC. The molecule has 60 valence electrons. The molecule has 0 aromatic carbocycles. The van der Waals surface area contributed by atoms with E-state index in [1.807, 2.05) is 0 Å². The lowest BCUT2D eigenvalue weighted by Gasteiger charge is -2.34. The van der Waals surface area contributed by atoms with Crippen molar-refractivity contribution in [3.63, 3.8) is 0 Å². The molecule has 1 rings (SSSR count). The summed E-state index contributed by atoms with van der Waals surface area (Å²) < 4.78 is 7.84. The van der Waals surface area contributed by atoms with Crippen molar-refractivity contribution in [3.8, 4) is 0 Å². The molecule has 0 radical (unpaired) electrons. The van der Waals surface area contributed by atoms with Gasteiger partial charge in [-0.3, -0.25) is 9.80 Å². The van der Waals surface area contributed by atoms with Crippen LogP contribution in [-0.2, 0) is 0 Å². The molecule has 0 N–H and O–H groups in total. The van der Waals surface area contributed by atoms with Crippen molar-refractivity contribution in [2.75, 3.05) is 32.8 Å². The molecule has 0 amide bonds. The van der Waals surface area contributed by atoms with Crippen LogP contribution in [0.5, 0.6) is 0 Å². The predicted octanol–water partition coefficient (Wildman–Crippen LogP) is 0.991. The van der Waals surface area contributed by atoms with Gasteiger partial charge >= 0.3 is 0 Å². The van der Waals surface area contributed by atoms with Gasteiger partial charge in [-0.05, 0) is 19.5 Å². The Labute approximate surface area is 65.2 Å². The van der Waals surface area contributed by atoms with E-state index in [-0.39, 0.29) is 6.64 Å². The maximum atomic E-state index is 7.84. The highest BCUT2D eigenvalue weighted by Crippen LogP contribution is 2.03. The Bertz CT molecular complexity index is 107. The molecule has 0 spiro atoms. The number of hydrogen-bond donors (Lipinski definition) is 0. The zero-order valence-corrected chi connectivity index (χ0v) is 7.01. The fourth-order valence-corrected chi connectivity index (χ4v) is 1.30. The van der Waals surface area contributed by atoms with Crippen molar-refractivity contribution in [2.45, 2.75) is 20.3 Å². The van der Waals surface area contributed by atoms with E-state index in [0.717, 1.165) is 26.2 Å². The summed E-state index contributed by atoms with van der Waals surface area (Å²) in [5.41, 5.74) is 0. The first-order chi connectivity index (χ1) is 5.29. The number of hydrogen-bond acceptors (Lipinski definition) is 2. The molecule has 0 bridgehead atoms. The first-order valence-electron chi connectivity index (χ1n) is 4.77. The van der Waals surface area contributed by atoms with E-state index in [9.17, 15) is 0 Å². The molecule has 0 saturated carbocycles. The molecule has 0 aliphatic carbocycles. The average molecular weight is 143 g/mol. The van der Waals surface area contributed by atoms with E-state index in [1.54, 1.807) is 0 Å². The Balaban J connectivity index is 2.45. The number of nitrogens with zero attached hydrogens (tertiary/aromatic N) is 2. The summed E-state index contributed by atoms with van der Waals surface area (Å²) >= 11 is 0. The van der Waals surface area contributed by atoms with Crippen LogP contribution < -0.4 is 0 Å². The minimum Gasteiger partial charge on any atom is -0.291 e. The molecule has 2 heteroatoms. The van der Waals surface area contributed by atoms with Crippen molar-refractivity contribution < 1.29 is 1.37 Å². The maximum Gasteiger partial charge on any atom is 0.0602 e. The van der Waals surface area contributed by atoms with Crippen LogP contribution in [0.25, 0.3) is 0 Å². The van der Waals surface area contributed by atoms with Gasteiger partial charge in [-0.2, -0.15) is 0 Å². The molecule has 1 saturated heterocycles. The standard InChI is InChI=1S/C8H18N2/c1-3-9-6-5-7-10(4-2)8-9/h3-8H2,1-2H3/i8D. The van der Waals surface area contributed by atoms with Gasteiger partial charge in [0.15, 0.2) is 0 Å². The Morgan fingerprint density at radius 3 is 2.10 bits per heavy atom. The summed E-state index contributed by atoms with van der Waals surface area (Å²) in [4.78, 5) is 4.40. The minimum absolute atomic E-state index is 0.0845. The van der Waals surface area contributed by atoms with Gasteiger partial charge < -0.3 is 0 Å². The molecule has 10 heavy (non-hydrogen) atoms. The maximum absolute atomic E-state index is 7.84. The Kier molecular flexibility index (Phi) is 2.61. The monoisotopic (exact) mass is 143 g/mol. The molecular formula is C8H18N2. The summed E-state index contributed by atoms with van der Waals surface area (Å²) in [7, 11) is 0. The first kappa shape index (κ1) is 6.62. The third kappa shape index (κ3) is 1.96. The van der Waals surface area contributed by atoms with Crippen LogP contribution in [0.2, 0.25) is 0 Å². The largest absolute Gasteiger partial charge is 0.291 e. The van der Waals surface area contributed by atoms with Crippen LogP contribution in [-0.4, -0.2) is 42.6 Å². The van der Waals surface area contributed by atoms with Crippen molar-refractivity contribution >= 4 is 0 Å². The second kappa shape index (κ2) is 3.94. The fourth-order valence-electron chi connectivity index (χ4n) is 1.30. The highest BCUT2D eigenvalue weighted by atomic mass is 15.3. The van der Waals surface area contributed by atoms with Crippen LogP contribution in [0.15, 0.2) is 0 Å². The lowest BCUT2D eigenvalue weighted by molar-refractivity contribution is 0.0954. The van der Waals surface area contributed by atoms with Gasteiger partial charge in [-0.15, -0.1) is 0 Å². The lowest BCUT2D eigenvalue weighted by atomic mass is 10.3. The normalized spacial score (nSPS) is 26.8. The van der Waals surface area contributed by atoms with Gasteiger partial charge in [-0.25, -0.2) is 0 Å². The van der Waals surface area contributed by atoms with Crippen LogP contribution in [0.4, 0.5) is 0 Å². The summed E-state index contributed by atoms with van der Waals surface area (Å²) in [6, 6.07) is 0. The smallest absolute Gasteiger partial charge is 0.0602 e. The second-order valence-electron chi connectivity index (χ2n) is 2.73. The molecule has 1 heterocycles. The molecular weight excluding hydrogens is 124 g/mol. The molecule has 0 atom stereocenters.